The van der Waals surface area contributed by atoms with E-state index in [0.717, 1.165) is 89.9 Å². The summed E-state index contributed by atoms with van der Waals surface area (Å²) in [4.78, 5) is 37.0. The largest absolute Gasteiger partial charge is 0.545 e. The van der Waals surface area contributed by atoms with Crippen molar-refractivity contribution in [3.05, 3.63) is 85.1 Å². The molecule has 336 valence electrons. The fraction of sp³-hybridized carbons (Fsp3) is 0.660. The quantitative estimate of drug-likeness (QED) is 0.0197. The van der Waals surface area contributed by atoms with E-state index in [1.807, 2.05) is 21.1 Å². The Morgan fingerprint density at radius 1 is 0.525 bits per heavy atom. The second-order valence-electron chi connectivity index (χ2n) is 16.0. The summed E-state index contributed by atoms with van der Waals surface area (Å²) in [5.41, 5.74) is 0. The first-order valence-electron chi connectivity index (χ1n) is 22.7. The van der Waals surface area contributed by atoms with E-state index in [1.54, 1.807) is 0 Å². The van der Waals surface area contributed by atoms with Crippen molar-refractivity contribution >= 4 is 17.9 Å². The van der Waals surface area contributed by atoms with Gasteiger partial charge in [-0.05, 0) is 89.9 Å². The first kappa shape index (κ1) is 55.5. The first-order valence-corrected chi connectivity index (χ1v) is 22.7. The number of carbonyl (C=O) groups is 3. The number of likely N-dealkylation sites (N-methyl/N-ethyl adjacent to an activating group) is 1. The maximum Gasteiger partial charge on any atom is 0.306 e. The summed E-state index contributed by atoms with van der Waals surface area (Å²) in [7, 11) is 5.88. The number of hydrogen-bond donors (Lipinski definition) is 0. The molecule has 2 unspecified atom stereocenters. The van der Waals surface area contributed by atoms with Crippen LogP contribution in [0.3, 0.4) is 0 Å². The number of quaternary nitrogens is 1. The molecule has 0 fully saturated rings. The van der Waals surface area contributed by atoms with E-state index < -0.39 is 24.3 Å². The molecule has 0 spiro atoms. The van der Waals surface area contributed by atoms with Crippen molar-refractivity contribution in [2.75, 3.05) is 47.5 Å². The molecule has 0 radical (unpaired) electrons. The number of rotatable bonds is 40. The molecule has 9 nitrogen and oxygen atoms in total. The highest BCUT2D eigenvalue weighted by Gasteiger charge is 2.21. The lowest BCUT2D eigenvalue weighted by Gasteiger charge is -2.26. The van der Waals surface area contributed by atoms with Crippen LogP contribution < -0.4 is 5.11 Å². The number of esters is 2. The van der Waals surface area contributed by atoms with Crippen molar-refractivity contribution in [2.24, 2.45) is 0 Å². The average Bonchev–Trinajstić information content (AvgIpc) is 3.19. The van der Waals surface area contributed by atoms with Crippen LogP contribution in [0.25, 0.3) is 0 Å². The summed E-state index contributed by atoms with van der Waals surface area (Å²) < 4.78 is 22.5. The zero-order valence-corrected chi connectivity index (χ0v) is 37.8. The molecule has 0 aliphatic carbocycles. The summed E-state index contributed by atoms with van der Waals surface area (Å²) >= 11 is 0. The summed E-state index contributed by atoms with van der Waals surface area (Å²) in [5.74, 6) is -2.36. The minimum Gasteiger partial charge on any atom is -0.545 e. The zero-order chi connectivity index (χ0) is 43.5. The van der Waals surface area contributed by atoms with Gasteiger partial charge in [-0.25, -0.2) is 0 Å². The fourth-order valence-electron chi connectivity index (χ4n) is 5.59. The molecule has 0 aliphatic rings. The highest BCUT2D eigenvalue weighted by Crippen LogP contribution is 2.11. The Hall–Kier alpha value is -3.53. The molecule has 59 heavy (non-hydrogen) atoms. The molecule has 9 heteroatoms. The fourth-order valence-corrected chi connectivity index (χ4v) is 5.59. The van der Waals surface area contributed by atoms with Gasteiger partial charge in [-0.3, -0.25) is 9.59 Å². The van der Waals surface area contributed by atoms with Crippen molar-refractivity contribution in [1.82, 2.24) is 0 Å². The third-order valence-corrected chi connectivity index (χ3v) is 9.13. The van der Waals surface area contributed by atoms with Gasteiger partial charge in [0.2, 0.25) is 0 Å². The number of hydrogen-bond acceptors (Lipinski definition) is 8. The van der Waals surface area contributed by atoms with Gasteiger partial charge in [-0.15, -0.1) is 0 Å². The minimum absolute atomic E-state index is 0.134. The van der Waals surface area contributed by atoms with Crippen LogP contribution in [0.2, 0.25) is 0 Å². The van der Waals surface area contributed by atoms with E-state index in [2.05, 4.69) is 98.9 Å². The van der Waals surface area contributed by atoms with E-state index >= 15 is 0 Å². The van der Waals surface area contributed by atoms with Gasteiger partial charge < -0.3 is 33.3 Å². The van der Waals surface area contributed by atoms with E-state index in [0.29, 0.717) is 23.9 Å². The molecule has 0 aliphatic heterocycles. The Morgan fingerprint density at radius 3 is 1.46 bits per heavy atom. The van der Waals surface area contributed by atoms with E-state index in [4.69, 9.17) is 18.9 Å². The number of unbranched alkanes of at least 4 members (excludes halogenated alkanes) is 11. The number of carboxylic acids is 1. The lowest BCUT2D eigenvalue weighted by Crippen LogP contribution is -2.44. The molecular formula is C50H83NO8. The smallest absolute Gasteiger partial charge is 0.306 e. The number of nitrogens with zero attached hydrogens (tertiary/aromatic N) is 1. The Balaban J connectivity index is 4.55. The molecule has 2 atom stereocenters. The van der Waals surface area contributed by atoms with Crippen molar-refractivity contribution in [1.29, 1.82) is 0 Å². The lowest BCUT2D eigenvalue weighted by atomic mass is 10.1. The molecule has 0 amide bonds. The second-order valence-corrected chi connectivity index (χ2v) is 16.0. The van der Waals surface area contributed by atoms with Gasteiger partial charge in [0.15, 0.2) is 12.4 Å². The van der Waals surface area contributed by atoms with Crippen LogP contribution in [-0.2, 0) is 33.3 Å². The molecular weight excluding hydrogens is 743 g/mol. The van der Waals surface area contributed by atoms with Gasteiger partial charge in [0.05, 0.1) is 40.3 Å². The van der Waals surface area contributed by atoms with Crippen LogP contribution in [0.15, 0.2) is 85.1 Å². The molecule has 0 aromatic carbocycles. The zero-order valence-electron chi connectivity index (χ0n) is 37.8. The van der Waals surface area contributed by atoms with Crippen molar-refractivity contribution in [2.45, 2.75) is 167 Å². The second kappa shape index (κ2) is 41.2. The third kappa shape index (κ3) is 42.4. The van der Waals surface area contributed by atoms with Gasteiger partial charge in [0, 0.05) is 12.8 Å². The predicted molar refractivity (Wildman–Crippen MR) is 241 cm³/mol. The Bertz CT molecular complexity index is 1240. The summed E-state index contributed by atoms with van der Waals surface area (Å²) in [5, 5.41) is 11.7. The number of ether oxygens (including phenoxy) is 4. The van der Waals surface area contributed by atoms with E-state index in [1.165, 1.54) is 25.7 Å². The normalized spacial score (nSPS) is 13.7. The van der Waals surface area contributed by atoms with Crippen LogP contribution in [0.4, 0.5) is 0 Å². The Labute approximate surface area is 359 Å². The average molecular weight is 826 g/mol. The van der Waals surface area contributed by atoms with Crippen molar-refractivity contribution in [3.63, 3.8) is 0 Å². The Kier molecular flexibility index (Phi) is 38.7. The predicted octanol–water partition coefficient (Wildman–Crippen LogP) is 10.8. The first-order chi connectivity index (χ1) is 28.6. The summed E-state index contributed by atoms with van der Waals surface area (Å²) in [6.07, 6.45) is 49.0. The van der Waals surface area contributed by atoms with Gasteiger partial charge in [-0.2, -0.15) is 0 Å². The van der Waals surface area contributed by atoms with Crippen LogP contribution in [0.5, 0.6) is 0 Å². The molecule has 0 aromatic heterocycles. The molecule has 0 rings (SSSR count). The number of carboxylic acid groups (broad SMARTS) is 1. The minimum atomic E-state index is -1.64. The standard InChI is InChI=1S/C50H83NO8/c1-6-8-10-12-14-16-18-20-22-23-24-25-27-29-31-33-35-37-39-41-48(53)59-46(45-58-50(49(54)55)56-43-42-51(3,4)5)44-57-47(52)40-38-36-34-32-30-28-26-21-19-17-15-13-11-9-7-2/h8,10,14-17,20-22,24-26,29,31,46,50H,6-7,9,11-13,18-19,23,27-28,30,32-45H2,1-5H3/b10-8-,16-14-,17-15-,22-20-,25-24-,26-21-,31-29-. The molecule has 0 bridgehead atoms. The van der Waals surface area contributed by atoms with Gasteiger partial charge in [0.25, 0.3) is 0 Å². The van der Waals surface area contributed by atoms with E-state index in [-0.39, 0.29) is 38.6 Å². The van der Waals surface area contributed by atoms with Gasteiger partial charge >= 0.3 is 11.9 Å². The molecule has 0 saturated heterocycles. The van der Waals surface area contributed by atoms with E-state index in [9.17, 15) is 19.5 Å². The summed E-state index contributed by atoms with van der Waals surface area (Å²) in [6, 6.07) is 0. The molecule has 0 aromatic rings. The number of carbonyl (C=O) groups excluding carboxylic acids is 3. The number of allylic oxidation sites excluding steroid dienone is 14. The van der Waals surface area contributed by atoms with Crippen molar-refractivity contribution in [3.8, 4) is 0 Å². The molecule has 0 saturated carbocycles. The van der Waals surface area contributed by atoms with Crippen LogP contribution >= 0.6 is 0 Å². The number of aliphatic carboxylic acids is 1. The molecule has 0 heterocycles. The lowest BCUT2D eigenvalue weighted by molar-refractivity contribution is -0.870. The maximum absolute atomic E-state index is 12.8. The summed E-state index contributed by atoms with van der Waals surface area (Å²) in [6.45, 7) is 4.51. The van der Waals surface area contributed by atoms with Gasteiger partial charge in [-0.1, -0.05) is 137 Å². The van der Waals surface area contributed by atoms with Gasteiger partial charge in [0.1, 0.15) is 13.2 Å². The highest BCUT2D eigenvalue weighted by molar-refractivity contribution is 5.70. The monoisotopic (exact) mass is 826 g/mol. The Morgan fingerprint density at radius 2 is 0.966 bits per heavy atom. The van der Waals surface area contributed by atoms with Crippen LogP contribution in [0.1, 0.15) is 155 Å². The third-order valence-electron chi connectivity index (χ3n) is 9.13. The molecule has 0 N–H and O–H groups in total. The van der Waals surface area contributed by atoms with Crippen LogP contribution in [-0.4, -0.2) is 82.3 Å². The highest BCUT2D eigenvalue weighted by atomic mass is 16.7. The van der Waals surface area contributed by atoms with Crippen LogP contribution in [0, 0.1) is 0 Å². The van der Waals surface area contributed by atoms with Crippen molar-refractivity contribution < 1.29 is 42.9 Å². The topological polar surface area (TPSA) is 111 Å². The SMILES string of the molecule is CC/C=C\C/C=C\C/C=C\C/C=C\C/C=C\CCCCCC(=O)OC(COC(=O)CCCCCCC/C=C\C/C=C\CCCCC)COC(OCC[N+](C)(C)C)C(=O)[O-]. The maximum atomic E-state index is 12.8.